The van der Waals surface area contributed by atoms with Crippen molar-refractivity contribution < 1.29 is 5.11 Å². The molecule has 1 aromatic carbocycles. The van der Waals surface area contributed by atoms with Crippen molar-refractivity contribution >= 4 is 11.6 Å². The molecule has 1 heterocycles. The van der Waals surface area contributed by atoms with E-state index in [0.717, 1.165) is 16.8 Å². The molecule has 2 aromatic rings. The third-order valence-electron chi connectivity index (χ3n) is 2.69. The number of H-pyrrole nitrogens is 1. The number of hydrogen-bond donors (Lipinski definition) is 2. The summed E-state index contributed by atoms with van der Waals surface area (Å²) in [6, 6.07) is 6.17. The Morgan fingerprint density at radius 3 is 2.76 bits per heavy atom. The topological polar surface area (TPSA) is 48.9 Å². The van der Waals surface area contributed by atoms with Gasteiger partial charge in [-0.1, -0.05) is 35.4 Å². The van der Waals surface area contributed by atoms with Gasteiger partial charge < -0.3 is 10.1 Å². The number of aromatic nitrogens is 2. The Balaban J connectivity index is 2.45. The summed E-state index contributed by atoms with van der Waals surface area (Å²) in [7, 11) is 0. The van der Waals surface area contributed by atoms with Gasteiger partial charge in [-0.15, -0.1) is 0 Å². The zero-order valence-corrected chi connectivity index (χ0v) is 10.7. The van der Waals surface area contributed by atoms with Crippen LogP contribution in [0, 0.1) is 13.8 Å². The van der Waals surface area contributed by atoms with E-state index in [-0.39, 0.29) is 6.61 Å². The van der Waals surface area contributed by atoms with Crippen LogP contribution in [0.2, 0.25) is 5.15 Å². The number of aromatic amines is 1. The molecule has 4 heteroatoms. The van der Waals surface area contributed by atoms with Gasteiger partial charge in [0.25, 0.3) is 0 Å². The smallest absolute Gasteiger partial charge is 0.134 e. The molecule has 90 valence electrons. The number of nitrogens with zero attached hydrogens (tertiary/aromatic N) is 1. The number of aliphatic hydroxyl groups is 1. The molecule has 1 aromatic heterocycles. The van der Waals surface area contributed by atoms with Gasteiger partial charge in [0.2, 0.25) is 0 Å². The maximum Gasteiger partial charge on any atom is 0.134 e. The van der Waals surface area contributed by atoms with Gasteiger partial charge in [0.05, 0.1) is 6.61 Å². The van der Waals surface area contributed by atoms with Crippen molar-refractivity contribution in [2.24, 2.45) is 0 Å². The van der Waals surface area contributed by atoms with Crippen molar-refractivity contribution in [1.82, 2.24) is 9.97 Å². The summed E-state index contributed by atoms with van der Waals surface area (Å²) in [4.78, 5) is 7.39. The lowest BCUT2D eigenvalue weighted by Gasteiger charge is -2.04. The monoisotopic (exact) mass is 250 g/mol. The summed E-state index contributed by atoms with van der Waals surface area (Å²) in [5.41, 5.74) is 4.15. The zero-order valence-electron chi connectivity index (χ0n) is 9.92. The first-order chi connectivity index (χ1) is 8.11. The van der Waals surface area contributed by atoms with Gasteiger partial charge in [-0.2, -0.15) is 0 Å². The molecule has 0 radical (unpaired) electrons. The average Bonchev–Trinajstić information content (AvgIpc) is 2.60. The largest absolute Gasteiger partial charge is 0.396 e. The first-order valence-corrected chi connectivity index (χ1v) is 5.92. The van der Waals surface area contributed by atoms with E-state index in [2.05, 4.69) is 23.0 Å². The van der Waals surface area contributed by atoms with Crippen molar-refractivity contribution in [2.45, 2.75) is 20.3 Å². The fraction of sp³-hybridized carbons (Fsp3) is 0.308. The molecule has 0 fully saturated rings. The number of nitrogens with one attached hydrogen (secondary N) is 1. The molecular weight excluding hydrogens is 236 g/mol. The van der Waals surface area contributed by atoms with Crippen molar-refractivity contribution in [1.29, 1.82) is 0 Å². The molecule has 2 rings (SSSR count). The lowest BCUT2D eigenvalue weighted by atomic mass is 10.0. The fourth-order valence-corrected chi connectivity index (χ4v) is 2.13. The summed E-state index contributed by atoms with van der Waals surface area (Å²) >= 11 is 6.13. The van der Waals surface area contributed by atoms with Gasteiger partial charge in [-0.25, -0.2) is 4.98 Å². The molecule has 0 atom stereocenters. The van der Waals surface area contributed by atoms with Crippen LogP contribution in [0.4, 0.5) is 0 Å². The molecule has 0 aliphatic heterocycles. The average molecular weight is 251 g/mol. The predicted molar refractivity (Wildman–Crippen MR) is 69.3 cm³/mol. The number of aryl methyl sites for hydroxylation is 2. The maximum atomic E-state index is 8.88. The van der Waals surface area contributed by atoms with Gasteiger partial charge in [-0.05, 0) is 19.4 Å². The van der Waals surface area contributed by atoms with E-state index in [1.165, 1.54) is 5.56 Å². The second-order valence-corrected chi connectivity index (χ2v) is 4.52. The van der Waals surface area contributed by atoms with E-state index in [1.54, 1.807) is 0 Å². The zero-order chi connectivity index (χ0) is 12.4. The number of rotatable bonds is 3. The standard InChI is InChI=1S/C13H15ClN2O/c1-8-3-4-10(9(2)7-8)12-13(14)16-11(15-12)5-6-17/h3-4,7,17H,5-6H2,1-2H3,(H,15,16). The lowest BCUT2D eigenvalue weighted by Crippen LogP contribution is -1.92. The predicted octanol–water partition coefficient (Wildman–Crippen LogP) is 2.88. The highest BCUT2D eigenvalue weighted by Crippen LogP contribution is 2.28. The van der Waals surface area contributed by atoms with Crippen LogP contribution in [-0.4, -0.2) is 21.7 Å². The minimum absolute atomic E-state index is 0.0656. The highest BCUT2D eigenvalue weighted by Gasteiger charge is 2.12. The molecule has 0 saturated heterocycles. The Morgan fingerprint density at radius 1 is 1.35 bits per heavy atom. The quantitative estimate of drug-likeness (QED) is 0.880. The Hall–Kier alpha value is -1.32. The summed E-state index contributed by atoms with van der Waals surface area (Å²) in [6.45, 7) is 4.16. The van der Waals surface area contributed by atoms with Crippen molar-refractivity contribution in [3.63, 3.8) is 0 Å². The molecule has 2 N–H and O–H groups in total. The second-order valence-electron chi connectivity index (χ2n) is 4.14. The minimum atomic E-state index is 0.0656. The van der Waals surface area contributed by atoms with Crippen molar-refractivity contribution in [2.75, 3.05) is 6.61 Å². The van der Waals surface area contributed by atoms with Gasteiger partial charge >= 0.3 is 0 Å². The maximum absolute atomic E-state index is 8.88. The van der Waals surface area contributed by atoms with Crippen molar-refractivity contribution in [3.8, 4) is 11.3 Å². The SMILES string of the molecule is Cc1ccc(-c2nc(CCO)[nH]c2Cl)c(C)c1. The molecule has 0 amide bonds. The third kappa shape index (κ3) is 2.51. The first kappa shape index (κ1) is 12.1. The number of imidazole rings is 1. The highest BCUT2D eigenvalue weighted by molar-refractivity contribution is 6.32. The van der Waals surface area contributed by atoms with E-state index >= 15 is 0 Å². The Morgan fingerprint density at radius 2 is 2.12 bits per heavy atom. The number of aliphatic hydroxyl groups excluding tert-OH is 1. The van der Waals surface area contributed by atoms with E-state index in [9.17, 15) is 0 Å². The van der Waals surface area contributed by atoms with Gasteiger partial charge in [0.1, 0.15) is 16.7 Å². The van der Waals surface area contributed by atoms with Crippen LogP contribution >= 0.6 is 11.6 Å². The van der Waals surface area contributed by atoms with Crippen LogP contribution in [0.1, 0.15) is 17.0 Å². The van der Waals surface area contributed by atoms with Crippen LogP contribution in [0.5, 0.6) is 0 Å². The Kier molecular flexibility index (Phi) is 3.50. The normalized spacial score (nSPS) is 10.8. The molecule has 0 bridgehead atoms. The lowest BCUT2D eigenvalue weighted by molar-refractivity contribution is 0.297. The molecule has 3 nitrogen and oxygen atoms in total. The molecular formula is C13H15ClN2O. The Bertz CT molecular complexity index is 534. The van der Waals surface area contributed by atoms with Gasteiger partial charge in [-0.3, -0.25) is 0 Å². The second kappa shape index (κ2) is 4.90. The fourth-order valence-electron chi connectivity index (χ4n) is 1.88. The molecule has 0 saturated carbocycles. The third-order valence-corrected chi connectivity index (χ3v) is 2.97. The van der Waals surface area contributed by atoms with Crippen LogP contribution in [-0.2, 0) is 6.42 Å². The number of halogens is 1. The van der Waals surface area contributed by atoms with E-state index in [0.29, 0.717) is 17.4 Å². The molecule has 0 aliphatic carbocycles. The molecule has 0 aliphatic rings. The van der Waals surface area contributed by atoms with Gasteiger partial charge in [0, 0.05) is 12.0 Å². The highest BCUT2D eigenvalue weighted by atomic mass is 35.5. The van der Waals surface area contributed by atoms with E-state index in [1.807, 2.05) is 19.1 Å². The molecule has 0 unspecified atom stereocenters. The summed E-state index contributed by atoms with van der Waals surface area (Å²) < 4.78 is 0. The molecule has 0 spiro atoms. The van der Waals surface area contributed by atoms with Crippen molar-refractivity contribution in [3.05, 3.63) is 40.3 Å². The number of hydrogen-bond acceptors (Lipinski definition) is 2. The van der Waals surface area contributed by atoms with Crippen LogP contribution in [0.15, 0.2) is 18.2 Å². The summed E-state index contributed by atoms with van der Waals surface area (Å²) in [5, 5.41) is 9.41. The first-order valence-electron chi connectivity index (χ1n) is 5.54. The van der Waals surface area contributed by atoms with Crippen LogP contribution in [0.25, 0.3) is 11.3 Å². The number of benzene rings is 1. The van der Waals surface area contributed by atoms with E-state index < -0.39 is 0 Å². The summed E-state index contributed by atoms with van der Waals surface area (Å²) in [5.74, 6) is 0.715. The molecule has 17 heavy (non-hydrogen) atoms. The van der Waals surface area contributed by atoms with E-state index in [4.69, 9.17) is 16.7 Å². The van der Waals surface area contributed by atoms with Gasteiger partial charge in [0.15, 0.2) is 0 Å². The summed E-state index contributed by atoms with van der Waals surface area (Å²) in [6.07, 6.45) is 0.491. The van der Waals surface area contributed by atoms with Crippen LogP contribution < -0.4 is 0 Å². The Labute approximate surface area is 105 Å². The van der Waals surface area contributed by atoms with Crippen LogP contribution in [0.3, 0.4) is 0 Å². The minimum Gasteiger partial charge on any atom is -0.396 e.